The Morgan fingerprint density at radius 2 is 1.89 bits per heavy atom. The van der Waals surface area contributed by atoms with E-state index in [1.807, 2.05) is 19.2 Å². The van der Waals surface area contributed by atoms with Gasteiger partial charge in [-0.25, -0.2) is 9.97 Å². The Hall–Kier alpha value is -3.28. The highest BCUT2D eigenvalue weighted by molar-refractivity contribution is 5.92. The minimum Gasteiger partial charge on any atom is -0.352 e. The number of pyridine rings is 1. The minimum atomic E-state index is -0.0879. The first-order valence-electron chi connectivity index (χ1n) is 9.49. The molecule has 3 heterocycles. The largest absolute Gasteiger partial charge is 0.352 e. The minimum absolute atomic E-state index is 0.0879. The highest BCUT2D eigenvalue weighted by Crippen LogP contribution is 2.23. The molecule has 0 saturated heterocycles. The van der Waals surface area contributed by atoms with E-state index in [0.717, 1.165) is 37.3 Å². The SMILES string of the molecule is CN(CCc1ccncc1)C(=O)c1cc(N2CCc3ccccc3C2)ncn1. The first-order chi connectivity index (χ1) is 13.7. The lowest BCUT2D eigenvalue weighted by Gasteiger charge is -2.29. The molecule has 0 bridgehead atoms. The summed E-state index contributed by atoms with van der Waals surface area (Å²) in [4.78, 5) is 29.4. The van der Waals surface area contributed by atoms with Crippen molar-refractivity contribution in [3.8, 4) is 0 Å². The van der Waals surface area contributed by atoms with Crippen molar-refractivity contribution in [3.63, 3.8) is 0 Å². The van der Waals surface area contributed by atoms with E-state index < -0.39 is 0 Å². The first-order valence-corrected chi connectivity index (χ1v) is 9.49. The van der Waals surface area contributed by atoms with Gasteiger partial charge in [0.2, 0.25) is 0 Å². The summed E-state index contributed by atoms with van der Waals surface area (Å²) >= 11 is 0. The molecule has 3 aromatic rings. The number of hydrogen-bond acceptors (Lipinski definition) is 5. The lowest BCUT2D eigenvalue weighted by molar-refractivity contribution is 0.0790. The van der Waals surface area contributed by atoms with Crippen molar-refractivity contribution in [2.24, 2.45) is 0 Å². The second kappa shape index (κ2) is 8.17. The summed E-state index contributed by atoms with van der Waals surface area (Å²) in [6.07, 6.45) is 6.79. The number of amides is 1. The average molecular weight is 373 g/mol. The molecule has 1 amide bonds. The van der Waals surface area contributed by atoms with Crippen LogP contribution in [0.2, 0.25) is 0 Å². The van der Waals surface area contributed by atoms with Gasteiger partial charge in [-0.1, -0.05) is 24.3 Å². The van der Waals surface area contributed by atoms with Crippen LogP contribution in [-0.4, -0.2) is 45.9 Å². The van der Waals surface area contributed by atoms with Crippen molar-refractivity contribution in [1.29, 1.82) is 0 Å². The van der Waals surface area contributed by atoms with Crippen LogP contribution in [0.15, 0.2) is 61.2 Å². The second-order valence-electron chi connectivity index (χ2n) is 7.03. The summed E-state index contributed by atoms with van der Waals surface area (Å²) in [5, 5.41) is 0. The number of carbonyl (C=O) groups is 1. The normalized spacial score (nSPS) is 13.1. The fraction of sp³-hybridized carbons (Fsp3) is 0.273. The Labute approximate surface area is 164 Å². The number of carbonyl (C=O) groups excluding carboxylic acids is 1. The van der Waals surface area contributed by atoms with Crippen LogP contribution >= 0.6 is 0 Å². The number of nitrogens with zero attached hydrogens (tertiary/aromatic N) is 5. The van der Waals surface area contributed by atoms with Gasteiger partial charge in [-0.3, -0.25) is 9.78 Å². The topological polar surface area (TPSA) is 62.2 Å². The molecule has 0 unspecified atom stereocenters. The van der Waals surface area contributed by atoms with Crippen LogP contribution in [0.1, 0.15) is 27.2 Å². The third-order valence-corrected chi connectivity index (χ3v) is 5.16. The summed E-state index contributed by atoms with van der Waals surface area (Å²) < 4.78 is 0. The molecule has 0 aliphatic carbocycles. The molecule has 0 atom stereocenters. The zero-order chi connectivity index (χ0) is 19.3. The highest BCUT2D eigenvalue weighted by atomic mass is 16.2. The Morgan fingerprint density at radius 3 is 2.71 bits per heavy atom. The van der Waals surface area contributed by atoms with Crippen molar-refractivity contribution >= 4 is 11.7 Å². The Bertz CT molecular complexity index is 960. The molecule has 0 N–H and O–H groups in total. The molecule has 142 valence electrons. The summed E-state index contributed by atoms with van der Waals surface area (Å²) in [7, 11) is 1.81. The van der Waals surface area contributed by atoms with Crippen molar-refractivity contribution in [1.82, 2.24) is 19.9 Å². The average Bonchev–Trinajstić information content (AvgIpc) is 2.77. The Morgan fingerprint density at radius 1 is 1.11 bits per heavy atom. The molecular weight excluding hydrogens is 350 g/mol. The van der Waals surface area contributed by atoms with Gasteiger partial charge in [-0.2, -0.15) is 0 Å². The van der Waals surface area contributed by atoms with Crippen LogP contribution < -0.4 is 4.90 Å². The lowest BCUT2D eigenvalue weighted by atomic mass is 10.00. The van der Waals surface area contributed by atoms with Gasteiger partial charge in [0.15, 0.2) is 0 Å². The van der Waals surface area contributed by atoms with Crippen molar-refractivity contribution in [2.75, 3.05) is 25.0 Å². The number of fused-ring (bicyclic) bond motifs is 1. The van der Waals surface area contributed by atoms with Crippen molar-refractivity contribution in [2.45, 2.75) is 19.4 Å². The summed E-state index contributed by atoms with van der Waals surface area (Å²) in [6, 6.07) is 14.2. The van der Waals surface area contributed by atoms with E-state index in [0.29, 0.717) is 12.2 Å². The number of aromatic nitrogens is 3. The van der Waals surface area contributed by atoms with Crippen molar-refractivity contribution in [3.05, 3.63) is 83.6 Å². The number of anilines is 1. The molecule has 1 aromatic carbocycles. The summed E-state index contributed by atoms with van der Waals surface area (Å²) in [5.74, 6) is 0.713. The van der Waals surface area contributed by atoms with Gasteiger partial charge >= 0.3 is 0 Å². The maximum atomic E-state index is 12.8. The second-order valence-corrected chi connectivity index (χ2v) is 7.03. The molecule has 1 aliphatic rings. The van der Waals surface area contributed by atoms with Gasteiger partial charge in [0.05, 0.1) is 0 Å². The maximum Gasteiger partial charge on any atom is 0.272 e. The van der Waals surface area contributed by atoms with Gasteiger partial charge in [0.25, 0.3) is 5.91 Å². The third-order valence-electron chi connectivity index (χ3n) is 5.16. The quantitative estimate of drug-likeness (QED) is 0.688. The van der Waals surface area contributed by atoms with Gasteiger partial charge in [-0.15, -0.1) is 0 Å². The van der Waals surface area contributed by atoms with E-state index in [1.54, 1.807) is 23.4 Å². The molecule has 4 rings (SSSR count). The molecule has 28 heavy (non-hydrogen) atoms. The molecule has 0 fully saturated rings. The van der Waals surface area contributed by atoms with Crippen LogP contribution in [0.5, 0.6) is 0 Å². The van der Waals surface area contributed by atoms with Crippen LogP contribution in [0.3, 0.4) is 0 Å². The Kier molecular flexibility index (Phi) is 5.28. The summed E-state index contributed by atoms with van der Waals surface area (Å²) in [6.45, 7) is 2.32. The van der Waals surface area contributed by atoms with E-state index in [-0.39, 0.29) is 5.91 Å². The monoisotopic (exact) mass is 373 g/mol. The van der Waals surface area contributed by atoms with E-state index in [4.69, 9.17) is 0 Å². The van der Waals surface area contributed by atoms with Crippen LogP contribution in [-0.2, 0) is 19.4 Å². The molecule has 2 aromatic heterocycles. The Balaban J connectivity index is 1.44. The van der Waals surface area contributed by atoms with Crippen LogP contribution in [0, 0.1) is 0 Å². The van der Waals surface area contributed by atoms with Gasteiger partial charge in [0.1, 0.15) is 17.8 Å². The van der Waals surface area contributed by atoms with Crippen LogP contribution in [0.25, 0.3) is 0 Å². The lowest BCUT2D eigenvalue weighted by Crippen LogP contribution is -2.32. The molecule has 0 radical (unpaired) electrons. The predicted molar refractivity (Wildman–Crippen MR) is 108 cm³/mol. The zero-order valence-electron chi connectivity index (χ0n) is 16.0. The zero-order valence-corrected chi connectivity index (χ0v) is 16.0. The van der Waals surface area contributed by atoms with Crippen molar-refractivity contribution < 1.29 is 4.79 Å². The van der Waals surface area contributed by atoms with E-state index >= 15 is 0 Å². The maximum absolute atomic E-state index is 12.8. The predicted octanol–water partition coefficient (Wildman–Crippen LogP) is 2.75. The number of hydrogen-bond donors (Lipinski definition) is 0. The van der Waals surface area contributed by atoms with E-state index in [9.17, 15) is 4.79 Å². The standard InChI is InChI=1S/C22H23N5O/c1-26(12-8-17-6-10-23-11-7-17)22(28)20-14-21(25-16-24-20)27-13-9-18-4-2-3-5-19(18)15-27/h2-7,10-11,14,16H,8-9,12-13,15H2,1H3. The van der Waals surface area contributed by atoms with Gasteiger partial charge in [-0.05, 0) is 41.7 Å². The number of rotatable bonds is 5. The molecule has 0 saturated carbocycles. The molecule has 0 spiro atoms. The number of likely N-dealkylation sites (N-methyl/N-ethyl adjacent to an activating group) is 1. The first kappa shape index (κ1) is 18.1. The van der Waals surface area contributed by atoms with E-state index in [1.165, 1.54) is 17.5 Å². The molecule has 6 heteroatoms. The fourth-order valence-electron chi connectivity index (χ4n) is 3.47. The van der Waals surface area contributed by atoms with E-state index in [2.05, 4.69) is 44.1 Å². The smallest absolute Gasteiger partial charge is 0.272 e. The summed E-state index contributed by atoms with van der Waals surface area (Å²) in [5.41, 5.74) is 4.29. The third kappa shape index (κ3) is 4.01. The fourth-order valence-corrected chi connectivity index (χ4v) is 3.47. The van der Waals surface area contributed by atoms with Crippen LogP contribution in [0.4, 0.5) is 5.82 Å². The van der Waals surface area contributed by atoms with Gasteiger partial charge < -0.3 is 9.80 Å². The molecule has 1 aliphatic heterocycles. The number of benzene rings is 1. The van der Waals surface area contributed by atoms with Gasteiger partial charge in [0, 0.05) is 45.1 Å². The molecular formula is C22H23N5O. The highest BCUT2D eigenvalue weighted by Gasteiger charge is 2.20. The molecule has 6 nitrogen and oxygen atoms in total.